The van der Waals surface area contributed by atoms with Gasteiger partial charge in [-0.3, -0.25) is 4.90 Å². The van der Waals surface area contributed by atoms with Gasteiger partial charge in [0.15, 0.2) is 0 Å². The van der Waals surface area contributed by atoms with Crippen molar-refractivity contribution >= 4 is 0 Å². The summed E-state index contributed by atoms with van der Waals surface area (Å²) in [7, 11) is 0. The predicted octanol–water partition coefficient (Wildman–Crippen LogP) is 0.376. The van der Waals surface area contributed by atoms with Crippen LogP contribution in [0.25, 0.3) is 0 Å². The van der Waals surface area contributed by atoms with Crippen LogP contribution in [0.3, 0.4) is 0 Å². The maximum absolute atomic E-state index is 5.87. The minimum absolute atomic E-state index is 0.391. The number of hydrogen-bond acceptors (Lipinski definition) is 4. The number of rotatable bonds is 4. The average molecular weight is 241 g/mol. The molecular formula is C13H27N3O. The fourth-order valence-electron chi connectivity index (χ4n) is 2.88. The number of morpholine rings is 1. The fraction of sp³-hybridized carbons (Fsp3) is 1.00. The third-order valence-electron chi connectivity index (χ3n) is 4.07. The molecule has 2 fully saturated rings. The Hall–Kier alpha value is -0.160. The second-order valence-corrected chi connectivity index (χ2v) is 5.73. The minimum Gasteiger partial charge on any atom is -0.374 e. The van der Waals surface area contributed by atoms with Crippen LogP contribution >= 0.6 is 0 Å². The first-order valence-corrected chi connectivity index (χ1v) is 6.97. The van der Waals surface area contributed by atoms with E-state index in [4.69, 9.17) is 10.5 Å². The summed E-state index contributed by atoms with van der Waals surface area (Å²) in [6.45, 7) is 11.9. The van der Waals surface area contributed by atoms with Crippen LogP contribution in [-0.2, 0) is 4.74 Å². The molecule has 4 nitrogen and oxygen atoms in total. The lowest BCUT2D eigenvalue weighted by atomic mass is 10.1. The molecule has 0 aliphatic carbocycles. The van der Waals surface area contributed by atoms with Gasteiger partial charge in [-0.25, -0.2) is 0 Å². The Morgan fingerprint density at radius 3 is 2.76 bits per heavy atom. The Kier molecular flexibility index (Phi) is 4.79. The molecule has 0 radical (unpaired) electrons. The molecule has 2 atom stereocenters. The van der Waals surface area contributed by atoms with E-state index >= 15 is 0 Å². The van der Waals surface area contributed by atoms with Crippen LogP contribution in [0.5, 0.6) is 0 Å². The van der Waals surface area contributed by atoms with Crippen LogP contribution in [0.1, 0.15) is 20.3 Å². The molecule has 17 heavy (non-hydrogen) atoms. The van der Waals surface area contributed by atoms with Crippen LogP contribution in [0.4, 0.5) is 0 Å². The van der Waals surface area contributed by atoms with Gasteiger partial charge in [-0.15, -0.1) is 0 Å². The van der Waals surface area contributed by atoms with E-state index in [1.165, 1.54) is 13.0 Å². The molecule has 0 aromatic rings. The monoisotopic (exact) mass is 241 g/mol. The van der Waals surface area contributed by atoms with Gasteiger partial charge in [0.1, 0.15) is 0 Å². The zero-order valence-electron chi connectivity index (χ0n) is 11.3. The van der Waals surface area contributed by atoms with Crippen molar-refractivity contribution in [3.63, 3.8) is 0 Å². The molecule has 0 spiro atoms. The molecular weight excluding hydrogens is 214 g/mol. The second-order valence-electron chi connectivity index (χ2n) is 5.73. The summed E-state index contributed by atoms with van der Waals surface area (Å²) in [5, 5.41) is 0. The maximum Gasteiger partial charge on any atom is 0.0829 e. The number of ether oxygens (including phenoxy) is 1. The van der Waals surface area contributed by atoms with Crippen molar-refractivity contribution in [3.8, 4) is 0 Å². The molecule has 2 saturated heterocycles. The molecule has 0 bridgehead atoms. The van der Waals surface area contributed by atoms with Crippen molar-refractivity contribution < 1.29 is 4.74 Å². The van der Waals surface area contributed by atoms with E-state index in [-0.39, 0.29) is 0 Å². The molecule has 0 aromatic heterocycles. The topological polar surface area (TPSA) is 41.7 Å². The predicted molar refractivity (Wildman–Crippen MR) is 70.1 cm³/mol. The van der Waals surface area contributed by atoms with Crippen molar-refractivity contribution in [1.82, 2.24) is 9.80 Å². The van der Waals surface area contributed by atoms with Gasteiger partial charge >= 0.3 is 0 Å². The summed E-state index contributed by atoms with van der Waals surface area (Å²) >= 11 is 0. The van der Waals surface area contributed by atoms with E-state index in [9.17, 15) is 0 Å². The van der Waals surface area contributed by atoms with E-state index in [1.54, 1.807) is 0 Å². The van der Waals surface area contributed by atoms with Crippen LogP contribution in [0, 0.1) is 5.92 Å². The molecule has 2 rings (SSSR count). The highest BCUT2D eigenvalue weighted by Crippen LogP contribution is 2.17. The lowest BCUT2D eigenvalue weighted by Gasteiger charge is -2.37. The normalized spacial score (nSPS) is 32.5. The lowest BCUT2D eigenvalue weighted by Crippen LogP contribution is -2.49. The third kappa shape index (κ3) is 3.65. The Labute approximate surface area is 105 Å². The molecule has 2 aliphatic heterocycles. The molecule has 2 heterocycles. The number of likely N-dealkylation sites (tertiary alicyclic amines) is 1. The molecule has 2 aliphatic rings. The Balaban J connectivity index is 1.75. The Morgan fingerprint density at radius 2 is 2.12 bits per heavy atom. The van der Waals surface area contributed by atoms with E-state index in [0.29, 0.717) is 18.1 Å². The van der Waals surface area contributed by atoms with E-state index in [0.717, 1.165) is 39.3 Å². The van der Waals surface area contributed by atoms with Crippen molar-refractivity contribution in [2.24, 2.45) is 11.7 Å². The largest absolute Gasteiger partial charge is 0.374 e. The van der Waals surface area contributed by atoms with Crippen LogP contribution in [-0.4, -0.2) is 67.8 Å². The molecule has 2 unspecified atom stereocenters. The average Bonchev–Trinajstić information content (AvgIpc) is 2.77. The summed E-state index contributed by atoms with van der Waals surface area (Å²) < 4.78 is 5.87. The van der Waals surface area contributed by atoms with Crippen molar-refractivity contribution in [1.29, 1.82) is 0 Å². The lowest BCUT2D eigenvalue weighted by molar-refractivity contribution is -0.0500. The van der Waals surface area contributed by atoms with E-state index in [1.807, 2.05) is 0 Å². The van der Waals surface area contributed by atoms with Gasteiger partial charge in [0, 0.05) is 32.2 Å². The molecule has 100 valence electrons. The molecule has 0 aromatic carbocycles. The fourth-order valence-corrected chi connectivity index (χ4v) is 2.88. The quantitative estimate of drug-likeness (QED) is 0.772. The molecule has 4 heteroatoms. The second kappa shape index (κ2) is 6.14. The van der Waals surface area contributed by atoms with Gasteiger partial charge < -0.3 is 15.4 Å². The zero-order chi connectivity index (χ0) is 12.3. The number of nitrogens with zero attached hydrogens (tertiary/aromatic N) is 2. The van der Waals surface area contributed by atoms with E-state index in [2.05, 4.69) is 23.6 Å². The van der Waals surface area contributed by atoms with Gasteiger partial charge in [0.2, 0.25) is 0 Å². The molecule has 0 saturated carbocycles. The summed E-state index contributed by atoms with van der Waals surface area (Å²) in [6.07, 6.45) is 1.65. The molecule has 0 amide bonds. The first-order valence-electron chi connectivity index (χ1n) is 6.97. The molecule has 2 N–H and O–H groups in total. The van der Waals surface area contributed by atoms with Crippen molar-refractivity contribution in [2.45, 2.75) is 32.4 Å². The van der Waals surface area contributed by atoms with Crippen LogP contribution in [0.2, 0.25) is 0 Å². The maximum atomic E-state index is 5.87. The number of nitrogens with two attached hydrogens (primary N) is 1. The summed E-state index contributed by atoms with van der Waals surface area (Å²) in [5.74, 6) is 0.708. The third-order valence-corrected chi connectivity index (χ3v) is 4.07. The standard InChI is InChI=1S/C13H27N3O/c1-11(2)16-5-6-17-13(10-16)9-15-4-3-12(7-14)8-15/h11-13H,3-10,14H2,1-2H3. The summed E-state index contributed by atoms with van der Waals surface area (Å²) in [5.41, 5.74) is 5.72. The number of hydrogen-bond donors (Lipinski definition) is 1. The Morgan fingerprint density at radius 1 is 1.29 bits per heavy atom. The van der Waals surface area contributed by atoms with Gasteiger partial charge in [-0.1, -0.05) is 0 Å². The van der Waals surface area contributed by atoms with Crippen molar-refractivity contribution in [2.75, 3.05) is 45.9 Å². The minimum atomic E-state index is 0.391. The van der Waals surface area contributed by atoms with Crippen LogP contribution in [0.15, 0.2) is 0 Å². The van der Waals surface area contributed by atoms with Gasteiger partial charge in [-0.05, 0) is 39.3 Å². The SMILES string of the molecule is CC(C)N1CCOC(CN2CCC(CN)C2)C1. The first kappa shape index (κ1) is 13.3. The van der Waals surface area contributed by atoms with E-state index < -0.39 is 0 Å². The van der Waals surface area contributed by atoms with Gasteiger partial charge in [0.25, 0.3) is 0 Å². The van der Waals surface area contributed by atoms with Crippen LogP contribution < -0.4 is 5.73 Å². The highest BCUT2D eigenvalue weighted by Gasteiger charge is 2.27. The van der Waals surface area contributed by atoms with Gasteiger partial charge in [-0.2, -0.15) is 0 Å². The highest BCUT2D eigenvalue weighted by molar-refractivity contribution is 4.81. The highest BCUT2D eigenvalue weighted by atomic mass is 16.5. The van der Waals surface area contributed by atoms with Gasteiger partial charge in [0.05, 0.1) is 12.7 Å². The zero-order valence-corrected chi connectivity index (χ0v) is 11.3. The first-order chi connectivity index (χ1) is 8.19. The Bertz CT molecular complexity index is 235. The summed E-state index contributed by atoms with van der Waals surface area (Å²) in [4.78, 5) is 5.04. The summed E-state index contributed by atoms with van der Waals surface area (Å²) in [6, 6.07) is 0.636. The van der Waals surface area contributed by atoms with Crippen molar-refractivity contribution in [3.05, 3.63) is 0 Å². The smallest absolute Gasteiger partial charge is 0.0829 e.